The molecule has 0 amide bonds. The van der Waals surface area contributed by atoms with Crippen LogP contribution >= 0.6 is 0 Å². The summed E-state index contributed by atoms with van der Waals surface area (Å²) in [6.45, 7) is 4.97. The van der Waals surface area contributed by atoms with Crippen molar-refractivity contribution < 1.29 is 22.7 Å². The number of sulfonamides is 1. The minimum Gasteiger partial charge on any atom is -0.451 e. The van der Waals surface area contributed by atoms with Crippen molar-refractivity contribution in [2.24, 2.45) is 0 Å². The van der Waals surface area contributed by atoms with Crippen molar-refractivity contribution >= 4 is 27.5 Å². The molecule has 1 heterocycles. The van der Waals surface area contributed by atoms with Crippen LogP contribution in [0.3, 0.4) is 0 Å². The van der Waals surface area contributed by atoms with Gasteiger partial charge >= 0.3 is 5.97 Å². The molecule has 0 spiro atoms. The molecule has 0 radical (unpaired) electrons. The first-order chi connectivity index (χ1) is 14.6. The summed E-state index contributed by atoms with van der Waals surface area (Å²) < 4.78 is 32.0. The van der Waals surface area contributed by atoms with Crippen molar-refractivity contribution in [1.29, 1.82) is 0 Å². The van der Waals surface area contributed by atoms with Gasteiger partial charge in [0.15, 0.2) is 6.10 Å². The number of carbonyl (C=O) groups is 2. The van der Waals surface area contributed by atoms with Crippen molar-refractivity contribution in [2.45, 2.75) is 26.9 Å². The highest BCUT2D eigenvalue weighted by Gasteiger charge is 2.25. The molecule has 9 heteroatoms. The molecule has 0 aliphatic carbocycles. The van der Waals surface area contributed by atoms with E-state index in [0.29, 0.717) is 28.2 Å². The van der Waals surface area contributed by atoms with Gasteiger partial charge in [-0.15, -0.1) is 0 Å². The molecule has 1 N–H and O–H groups in total. The van der Waals surface area contributed by atoms with E-state index in [1.54, 1.807) is 18.5 Å². The van der Waals surface area contributed by atoms with Crippen molar-refractivity contribution in [1.82, 2.24) is 9.78 Å². The number of nitrogens with zero attached hydrogens (tertiary/aromatic N) is 2. The lowest BCUT2D eigenvalue weighted by Gasteiger charge is -2.13. The number of Topliss-reactive ketones (excluding diaryl/α,β-unsaturated/α-hetero) is 1. The van der Waals surface area contributed by atoms with Crippen molar-refractivity contribution in [3.63, 3.8) is 0 Å². The summed E-state index contributed by atoms with van der Waals surface area (Å²) in [5, 5.41) is 4.43. The molecule has 0 aliphatic heterocycles. The molecule has 1 aromatic heterocycles. The number of rotatable bonds is 7. The molecule has 3 rings (SSSR count). The standard InChI is InChI=1S/C22H23N3O5S/c1-14-20(15(2)25(23-14)19-8-6-5-7-9-19)22(27)30-16(3)21(26)17-10-12-18(13-11-17)24-31(4,28)29/h5-13,16,24H,1-4H3. The van der Waals surface area contributed by atoms with Gasteiger partial charge in [0.2, 0.25) is 15.8 Å². The number of benzene rings is 2. The average Bonchev–Trinajstić information content (AvgIpc) is 3.01. The number of para-hydroxylation sites is 1. The predicted octanol–water partition coefficient (Wildman–Crippen LogP) is 3.29. The first kappa shape index (κ1) is 22.2. The van der Waals surface area contributed by atoms with E-state index < -0.39 is 27.9 Å². The second kappa shape index (κ2) is 8.73. The molecule has 0 saturated heterocycles. The molecule has 0 aliphatic rings. The maximum absolute atomic E-state index is 12.8. The zero-order valence-electron chi connectivity index (χ0n) is 17.6. The number of hydrogen-bond acceptors (Lipinski definition) is 6. The highest BCUT2D eigenvalue weighted by Crippen LogP contribution is 2.20. The quantitative estimate of drug-likeness (QED) is 0.445. The Morgan fingerprint density at radius 3 is 2.23 bits per heavy atom. The van der Waals surface area contributed by atoms with E-state index in [0.717, 1.165) is 11.9 Å². The van der Waals surface area contributed by atoms with Gasteiger partial charge in [0.05, 0.1) is 23.3 Å². The molecule has 31 heavy (non-hydrogen) atoms. The number of anilines is 1. The lowest BCUT2D eigenvalue weighted by atomic mass is 10.1. The van der Waals surface area contributed by atoms with Crippen LogP contribution in [0.4, 0.5) is 5.69 Å². The van der Waals surface area contributed by atoms with Crippen LogP contribution in [0.15, 0.2) is 54.6 Å². The first-order valence-electron chi connectivity index (χ1n) is 9.51. The van der Waals surface area contributed by atoms with Gasteiger partial charge in [-0.3, -0.25) is 9.52 Å². The van der Waals surface area contributed by atoms with E-state index in [9.17, 15) is 18.0 Å². The molecule has 1 atom stereocenters. The minimum atomic E-state index is -3.41. The van der Waals surface area contributed by atoms with Gasteiger partial charge in [0, 0.05) is 11.3 Å². The van der Waals surface area contributed by atoms with E-state index >= 15 is 0 Å². The van der Waals surface area contributed by atoms with Crippen LogP contribution in [-0.2, 0) is 14.8 Å². The number of aryl methyl sites for hydroxylation is 1. The summed E-state index contributed by atoms with van der Waals surface area (Å²) in [4.78, 5) is 25.5. The van der Waals surface area contributed by atoms with E-state index in [1.807, 2.05) is 30.3 Å². The van der Waals surface area contributed by atoms with Crippen LogP contribution in [0.2, 0.25) is 0 Å². The zero-order chi connectivity index (χ0) is 22.8. The smallest absolute Gasteiger partial charge is 0.342 e. The summed E-state index contributed by atoms with van der Waals surface area (Å²) >= 11 is 0. The highest BCUT2D eigenvalue weighted by atomic mass is 32.2. The minimum absolute atomic E-state index is 0.299. The summed E-state index contributed by atoms with van der Waals surface area (Å²) in [6, 6.07) is 15.3. The Hall–Kier alpha value is -3.46. The number of esters is 1. The molecule has 0 saturated carbocycles. The Balaban J connectivity index is 1.75. The molecular formula is C22H23N3O5S. The highest BCUT2D eigenvalue weighted by molar-refractivity contribution is 7.92. The summed E-state index contributed by atoms with van der Waals surface area (Å²) in [7, 11) is -3.41. The number of ketones is 1. The Labute approximate surface area is 180 Å². The number of carbonyl (C=O) groups excluding carboxylic acids is 2. The Morgan fingerprint density at radius 1 is 1.03 bits per heavy atom. The topological polar surface area (TPSA) is 107 Å². The van der Waals surface area contributed by atoms with E-state index in [-0.39, 0.29) is 0 Å². The van der Waals surface area contributed by atoms with Crippen molar-refractivity contribution in [3.05, 3.63) is 77.1 Å². The molecule has 8 nitrogen and oxygen atoms in total. The maximum Gasteiger partial charge on any atom is 0.342 e. The van der Waals surface area contributed by atoms with Gasteiger partial charge in [-0.25, -0.2) is 17.9 Å². The van der Waals surface area contributed by atoms with E-state index in [4.69, 9.17) is 4.74 Å². The fourth-order valence-corrected chi connectivity index (χ4v) is 3.75. The largest absolute Gasteiger partial charge is 0.451 e. The normalized spacial score (nSPS) is 12.3. The van der Waals surface area contributed by atoms with E-state index in [1.165, 1.54) is 31.2 Å². The van der Waals surface area contributed by atoms with Crippen molar-refractivity contribution in [2.75, 3.05) is 11.0 Å². The van der Waals surface area contributed by atoms with Crippen LogP contribution < -0.4 is 4.72 Å². The lowest BCUT2D eigenvalue weighted by molar-refractivity contribution is 0.0317. The number of nitrogens with one attached hydrogen (secondary N) is 1. The Bertz CT molecular complexity index is 1220. The van der Waals surface area contributed by atoms with Gasteiger partial charge in [0.1, 0.15) is 5.56 Å². The summed E-state index contributed by atoms with van der Waals surface area (Å²) in [6.07, 6.45) is 0.0115. The molecule has 3 aromatic rings. The number of ether oxygens (including phenoxy) is 1. The SMILES string of the molecule is Cc1nn(-c2ccccc2)c(C)c1C(=O)OC(C)C(=O)c1ccc(NS(C)(=O)=O)cc1. The second-order valence-corrected chi connectivity index (χ2v) is 8.90. The molecule has 2 aromatic carbocycles. The third-order valence-electron chi connectivity index (χ3n) is 4.62. The summed E-state index contributed by atoms with van der Waals surface area (Å²) in [5.41, 5.74) is 2.88. The zero-order valence-corrected chi connectivity index (χ0v) is 18.4. The molecule has 0 bridgehead atoms. The van der Waals surface area contributed by atoms with Crippen LogP contribution in [0, 0.1) is 13.8 Å². The van der Waals surface area contributed by atoms with Crippen molar-refractivity contribution in [3.8, 4) is 5.69 Å². The fraction of sp³-hybridized carbons (Fsp3) is 0.227. The monoisotopic (exact) mass is 441 g/mol. The molecule has 1 unspecified atom stereocenters. The first-order valence-corrected chi connectivity index (χ1v) is 11.4. The summed E-state index contributed by atoms with van der Waals surface area (Å²) in [5.74, 6) is -1.03. The van der Waals surface area contributed by atoms with Crippen LogP contribution in [0.5, 0.6) is 0 Å². The maximum atomic E-state index is 12.8. The van der Waals surface area contributed by atoms with Crippen LogP contribution in [0.25, 0.3) is 5.69 Å². The second-order valence-electron chi connectivity index (χ2n) is 7.16. The lowest BCUT2D eigenvalue weighted by Crippen LogP contribution is -2.25. The molecule has 0 fully saturated rings. The molecular weight excluding hydrogens is 418 g/mol. The Kier molecular flexibility index (Phi) is 6.26. The van der Waals surface area contributed by atoms with Gasteiger partial charge in [-0.05, 0) is 57.2 Å². The van der Waals surface area contributed by atoms with Gasteiger partial charge < -0.3 is 4.74 Å². The Morgan fingerprint density at radius 2 is 1.65 bits per heavy atom. The van der Waals surface area contributed by atoms with Gasteiger partial charge in [0.25, 0.3) is 0 Å². The number of aromatic nitrogens is 2. The van der Waals surface area contributed by atoms with Crippen LogP contribution in [-0.4, -0.2) is 42.3 Å². The third kappa shape index (κ3) is 5.18. The fourth-order valence-electron chi connectivity index (χ4n) is 3.18. The van der Waals surface area contributed by atoms with Crippen LogP contribution in [0.1, 0.15) is 39.0 Å². The average molecular weight is 442 g/mol. The number of hydrogen-bond donors (Lipinski definition) is 1. The van der Waals surface area contributed by atoms with Gasteiger partial charge in [-0.2, -0.15) is 5.10 Å². The third-order valence-corrected chi connectivity index (χ3v) is 5.23. The van der Waals surface area contributed by atoms with Gasteiger partial charge in [-0.1, -0.05) is 18.2 Å². The van der Waals surface area contributed by atoms with E-state index in [2.05, 4.69) is 9.82 Å². The predicted molar refractivity (Wildman–Crippen MR) is 117 cm³/mol. The molecule has 162 valence electrons.